The molecule has 2 aromatic heterocycles. The largest absolute Gasteiger partial charge is 0.475 e. The summed E-state index contributed by atoms with van der Waals surface area (Å²) in [7, 11) is 2.14. The van der Waals surface area contributed by atoms with Gasteiger partial charge in [0.15, 0.2) is 0 Å². The van der Waals surface area contributed by atoms with Gasteiger partial charge in [0.25, 0.3) is 5.88 Å². The van der Waals surface area contributed by atoms with Crippen molar-refractivity contribution in [2.45, 2.75) is 39.0 Å². The van der Waals surface area contributed by atoms with Crippen molar-refractivity contribution >= 4 is 17.3 Å². The molecule has 1 aliphatic rings. The Morgan fingerprint density at radius 2 is 2.00 bits per heavy atom. The lowest BCUT2D eigenvalue weighted by Gasteiger charge is -2.22. The van der Waals surface area contributed by atoms with Crippen LogP contribution in [-0.2, 0) is 0 Å². The molecule has 0 bridgehead atoms. The fourth-order valence-electron chi connectivity index (χ4n) is 2.62. The molecule has 0 radical (unpaired) electrons. The van der Waals surface area contributed by atoms with Crippen LogP contribution in [0.5, 0.6) is 5.88 Å². The van der Waals surface area contributed by atoms with E-state index in [2.05, 4.69) is 33.7 Å². The molecule has 0 aromatic carbocycles. The Hall–Kier alpha value is -1.99. The summed E-state index contributed by atoms with van der Waals surface area (Å²) in [5, 5.41) is 8.55. The zero-order valence-corrected chi connectivity index (χ0v) is 16.5. The Bertz CT molecular complexity index is 661. The fraction of sp³-hybridized carbons (Fsp3) is 0.526. The molecule has 3 rings (SSSR count). The molecule has 0 spiro atoms. The normalized spacial score (nSPS) is 14.3. The van der Waals surface area contributed by atoms with Crippen molar-refractivity contribution in [1.29, 1.82) is 0 Å². The molecule has 0 fully saturated rings. The van der Waals surface area contributed by atoms with Gasteiger partial charge in [0.1, 0.15) is 5.69 Å². The van der Waals surface area contributed by atoms with Crippen LogP contribution in [0.15, 0.2) is 36.7 Å². The Balaban J connectivity index is 0.000000290. The van der Waals surface area contributed by atoms with E-state index in [4.69, 9.17) is 9.94 Å². The van der Waals surface area contributed by atoms with Crippen molar-refractivity contribution in [2.24, 2.45) is 0 Å². The van der Waals surface area contributed by atoms with Gasteiger partial charge in [-0.15, -0.1) is 4.37 Å². The Kier molecular flexibility index (Phi) is 9.06. The highest BCUT2D eigenvalue weighted by molar-refractivity contribution is 6.99. The minimum absolute atomic E-state index is 0.725. The summed E-state index contributed by atoms with van der Waals surface area (Å²) in [6.45, 7) is 5.03. The molecule has 1 aliphatic heterocycles. The standard InChI is InChI=1S/C14H23N3OS.C5H6NO/c1-3-4-5-6-10-18-14-13(15-19-16-14)12-8-7-9-17(2)11-12;7-6-4-2-1-3-5-6/h8H,3-7,9-11H2,1-2H3;1-5,7H/q;+1. The van der Waals surface area contributed by atoms with Gasteiger partial charge in [-0.25, -0.2) is 0 Å². The first-order chi connectivity index (χ1) is 12.7. The first-order valence-corrected chi connectivity index (χ1v) is 9.92. The van der Waals surface area contributed by atoms with Crippen molar-refractivity contribution in [3.63, 3.8) is 0 Å². The van der Waals surface area contributed by atoms with Crippen LogP contribution >= 0.6 is 11.7 Å². The van der Waals surface area contributed by atoms with Crippen LogP contribution in [0.2, 0.25) is 0 Å². The van der Waals surface area contributed by atoms with E-state index in [0.29, 0.717) is 0 Å². The summed E-state index contributed by atoms with van der Waals surface area (Å²) in [6.07, 6.45) is 11.3. The Morgan fingerprint density at radius 3 is 2.65 bits per heavy atom. The summed E-state index contributed by atoms with van der Waals surface area (Å²) in [5.41, 5.74) is 2.21. The maximum absolute atomic E-state index is 8.55. The number of pyridine rings is 1. The number of rotatable bonds is 7. The predicted octanol–water partition coefficient (Wildman–Crippen LogP) is 3.43. The van der Waals surface area contributed by atoms with Crippen molar-refractivity contribution in [1.82, 2.24) is 13.6 Å². The van der Waals surface area contributed by atoms with Gasteiger partial charge >= 0.3 is 0 Å². The lowest BCUT2D eigenvalue weighted by molar-refractivity contribution is -0.904. The summed E-state index contributed by atoms with van der Waals surface area (Å²) >= 11 is 1.25. The molecule has 2 aromatic rings. The van der Waals surface area contributed by atoms with Gasteiger partial charge in [-0.1, -0.05) is 38.3 Å². The summed E-state index contributed by atoms with van der Waals surface area (Å²) < 4.78 is 15.5. The zero-order valence-electron chi connectivity index (χ0n) is 15.7. The molecule has 0 amide bonds. The van der Waals surface area contributed by atoms with Gasteiger partial charge in [0.2, 0.25) is 12.4 Å². The quantitative estimate of drug-likeness (QED) is 0.455. The minimum Gasteiger partial charge on any atom is -0.475 e. The van der Waals surface area contributed by atoms with Crippen molar-refractivity contribution in [3.8, 4) is 5.88 Å². The first-order valence-electron chi connectivity index (χ1n) is 9.19. The average molecular weight is 378 g/mol. The van der Waals surface area contributed by atoms with Crippen LogP contribution in [0, 0.1) is 0 Å². The van der Waals surface area contributed by atoms with Crippen molar-refractivity contribution < 1.29 is 14.7 Å². The molecule has 142 valence electrons. The number of nitrogens with zero attached hydrogens (tertiary/aromatic N) is 4. The molecule has 0 aliphatic carbocycles. The van der Waals surface area contributed by atoms with Crippen LogP contribution in [0.4, 0.5) is 0 Å². The molecule has 7 heteroatoms. The third-order valence-electron chi connectivity index (χ3n) is 4.04. The van der Waals surface area contributed by atoms with E-state index in [0.717, 1.165) is 48.8 Å². The monoisotopic (exact) mass is 377 g/mol. The van der Waals surface area contributed by atoms with Crippen molar-refractivity contribution in [2.75, 3.05) is 26.7 Å². The number of unbranched alkanes of at least 4 members (excludes halogenated alkanes) is 3. The van der Waals surface area contributed by atoms with Gasteiger partial charge in [0, 0.05) is 30.0 Å². The van der Waals surface area contributed by atoms with Crippen LogP contribution in [0.1, 0.15) is 44.7 Å². The number of hydrogen-bond donors (Lipinski definition) is 1. The SMILES string of the molecule is CCCCCCOc1nsnc1C1=CCCN(C)C1.O[n+]1ccccc1. The fourth-order valence-corrected chi connectivity index (χ4v) is 3.15. The maximum Gasteiger partial charge on any atom is 0.253 e. The highest BCUT2D eigenvalue weighted by atomic mass is 32.1. The van der Waals surface area contributed by atoms with E-state index >= 15 is 0 Å². The van der Waals surface area contributed by atoms with Crippen molar-refractivity contribution in [3.05, 3.63) is 42.4 Å². The number of hydrogen-bond acceptors (Lipinski definition) is 6. The van der Waals surface area contributed by atoms with E-state index in [-0.39, 0.29) is 0 Å². The van der Waals surface area contributed by atoms with Crippen LogP contribution in [0.25, 0.3) is 5.57 Å². The van der Waals surface area contributed by atoms with E-state index < -0.39 is 0 Å². The molecule has 1 N–H and O–H groups in total. The second-order valence-corrected chi connectivity index (χ2v) is 6.87. The number of ether oxygens (including phenoxy) is 1. The van der Waals surface area contributed by atoms with Gasteiger partial charge in [-0.05, 0) is 25.5 Å². The van der Waals surface area contributed by atoms with Gasteiger partial charge in [-0.2, -0.15) is 4.37 Å². The molecule has 3 heterocycles. The molecule has 6 nitrogen and oxygen atoms in total. The lowest BCUT2D eigenvalue weighted by Crippen LogP contribution is -2.27. The van der Waals surface area contributed by atoms with E-state index in [9.17, 15) is 0 Å². The third kappa shape index (κ3) is 7.09. The summed E-state index contributed by atoms with van der Waals surface area (Å²) in [4.78, 5) is 2.31. The molecule has 0 saturated carbocycles. The van der Waals surface area contributed by atoms with Crippen LogP contribution < -0.4 is 9.47 Å². The maximum atomic E-state index is 8.55. The van der Waals surface area contributed by atoms with Crippen LogP contribution in [-0.4, -0.2) is 45.6 Å². The molecule has 0 unspecified atom stereocenters. The third-order valence-corrected chi connectivity index (χ3v) is 4.55. The number of aromatic nitrogens is 3. The summed E-state index contributed by atoms with van der Waals surface area (Å²) in [6, 6.07) is 5.34. The predicted molar refractivity (Wildman–Crippen MR) is 103 cm³/mol. The Labute approximate surface area is 160 Å². The number of likely N-dealkylation sites (N-methyl/N-ethyl adjacent to an activating group) is 1. The van der Waals surface area contributed by atoms with E-state index in [1.165, 1.54) is 36.6 Å². The first kappa shape index (κ1) is 20.3. The molecular weight excluding hydrogens is 348 g/mol. The van der Waals surface area contributed by atoms with Gasteiger partial charge in [-0.3, -0.25) is 5.21 Å². The molecule has 0 atom stereocenters. The highest BCUT2D eigenvalue weighted by Gasteiger charge is 2.18. The average Bonchev–Trinajstić information content (AvgIpc) is 3.11. The molecular formula is C19H29N4O2S+. The molecule has 26 heavy (non-hydrogen) atoms. The van der Waals surface area contributed by atoms with Gasteiger partial charge < -0.3 is 9.64 Å². The van der Waals surface area contributed by atoms with Gasteiger partial charge in [0.05, 0.1) is 18.3 Å². The highest BCUT2D eigenvalue weighted by Crippen LogP contribution is 2.27. The van der Waals surface area contributed by atoms with E-state index in [1.807, 2.05) is 6.07 Å². The lowest BCUT2D eigenvalue weighted by atomic mass is 10.1. The van der Waals surface area contributed by atoms with Crippen LogP contribution in [0.3, 0.4) is 0 Å². The summed E-state index contributed by atoms with van der Waals surface area (Å²) in [5.74, 6) is 0.725. The molecule has 0 saturated heterocycles. The second kappa shape index (κ2) is 11.6. The second-order valence-electron chi connectivity index (χ2n) is 6.34. The topological polar surface area (TPSA) is 62.4 Å². The Morgan fingerprint density at radius 1 is 1.19 bits per heavy atom. The van der Waals surface area contributed by atoms with E-state index in [1.54, 1.807) is 24.5 Å². The zero-order chi connectivity index (χ0) is 18.6. The minimum atomic E-state index is 0.725. The smallest absolute Gasteiger partial charge is 0.253 e.